The first kappa shape index (κ1) is 10.7. The van der Waals surface area contributed by atoms with Crippen LogP contribution in [0.3, 0.4) is 0 Å². The van der Waals surface area contributed by atoms with Crippen LogP contribution in [-0.2, 0) is 6.42 Å². The summed E-state index contributed by atoms with van der Waals surface area (Å²) < 4.78 is 6.72. The molecule has 15 heavy (non-hydrogen) atoms. The zero-order valence-electron chi connectivity index (χ0n) is 8.72. The second kappa shape index (κ2) is 4.37. The lowest BCUT2D eigenvalue weighted by Gasteiger charge is -2.06. The van der Waals surface area contributed by atoms with Crippen LogP contribution in [0.15, 0.2) is 22.2 Å². The third-order valence-corrected chi connectivity index (χ3v) is 2.96. The summed E-state index contributed by atoms with van der Waals surface area (Å²) >= 11 is 3.51. The van der Waals surface area contributed by atoms with Crippen molar-refractivity contribution in [2.24, 2.45) is 5.73 Å². The maximum atomic E-state index is 5.62. The van der Waals surface area contributed by atoms with Gasteiger partial charge in [-0.2, -0.15) is 0 Å². The second-order valence-electron chi connectivity index (χ2n) is 3.78. The summed E-state index contributed by atoms with van der Waals surface area (Å²) in [4.78, 5) is 0. The van der Waals surface area contributed by atoms with Gasteiger partial charge in [0.1, 0.15) is 5.75 Å². The normalized spacial score (nSPS) is 15.0. The van der Waals surface area contributed by atoms with E-state index in [1.165, 1.54) is 5.56 Å². The lowest BCUT2D eigenvalue weighted by molar-refractivity contribution is 0.356. The van der Waals surface area contributed by atoms with E-state index in [1.807, 2.05) is 6.92 Å². The molecule has 2 N–H and O–H groups in total. The summed E-state index contributed by atoms with van der Waals surface area (Å²) in [7, 11) is 0. The van der Waals surface area contributed by atoms with Crippen LogP contribution in [0.4, 0.5) is 0 Å². The van der Waals surface area contributed by atoms with Crippen molar-refractivity contribution in [1.82, 2.24) is 0 Å². The zero-order valence-corrected chi connectivity index (χ0v) is 10.3. The Morgan fingerprint density at radius 3 is 3.13 bits per heavy atom. The lowest BCUT2D eigenvalue weighted by Crippen LogP contribution is -1.99. The van der Waals surface area contributed by atoms with Gasteiger partial charge in [0.25, 0.3) is 0 Å². The standard InChI is InChI=1S/C12H14BrNO/c1-8(7-14)4-10-6-11(13)5-9-2-3-15-12(9)10/h4-6H,2-3,7,14H2,1H3/b8-4-. The third kappa shape index (κ3) is 2.24. The van der Waals surface area contributed by atoms with Crippen molar-refractivity contribution in [3.05, 3.63) is 33.3 Å². The quantitative estimate of drug-likeness (QED) is 0.895. The fourth-order valence-electron chi connectivity index (χ4n) is 1.73. The van der Waals surface area contributed by atoms with E-state index in [2.05, 4.69) is 34.1 Å². The minimum absolute atomic E-state index is 0.585. The number of rotatable bonds is 2. The summed E-state index contributed by atoms with van der Waals surface area (Å²) in [6.45, 7) is 3.40. The van der Waals surface area contributed by atoms with Crippen molar-refractivity contribution in [2.75, 3.05) is 13.2 Å². The smallest absolute Gasteiger partial charge is 0.129 e. The van der Waals surface area contributed by atoms with Gasteiger partial charge in [-0.05, 0) is 24.6 Å². The van der Waals surface area contributed by atoms with Crippen LogP contribution in [0.2, 0.25) is 0 Å². The average molecular weight is 268 g/mol. The van der Waals surface area contributed by atoms with Crippen molar-refractivity contribution < 1.29 is 4.74 Å². The van der Waals surface area contributed by atoms with Gasteiger partial charge in [-0.1, -0.05) is 27.6 Å². The number of fused-ring (bicyclic) bond motifs is 1. The summed E-state index contributed by atoms with van der Waals surface area (Å²) in [5.74, 6) is 1.02. The summed E-state index contributed by atoms with van der Waals surface area (Å²) in [6, 6.07) is 4.20. The predicted octanol–water partition coefficient (Wildman–Crippen LogP) is 2.75. The summed E-state index contributed by atoms with van der Waals surface area (Å²) in [6.07, 6.45) is 3.09. The van der Waals surface area contributed by atoms with Crippen molar-refractivity contribution in [3.8, 4) is 5.75 Å². The largest absolute Gasteiger partial charge is 0.492 e. The Kier molecular flexibility index (Phi) is 3.12. The van der Waals surface area contributed by atoms with Gasteiger partial charge in [0.2, 0.25) is 0 Å². The Bertz CT molecular complexity index is 412. The first-order valence-corrected chi connectivity index (χ1v) is 5.82. The fraction of sp³-hybridized carbons (Fsp3) is 0.333. The van der Waals surface area contributed by atoms with Gasteiger partial charge in [-0.15, -0.1) is 0 Å². The van der Waals surface area contributed by atoms with Crippen molar-refractivity contribution >= 4 is 22.0 Å². The highest BCUT2D eigenvalue weighted by Crippen LogP contribution is 2.34. The van der Waals surface area contributed by atoms with E-state index in [1.54, 1.807) is 0 Å². The molecule has 3 heteroatoms. The molecule has 0 fully saturated rings. The first-order valence-electron chi connectivity index (χ1n) is 5.03. The first-order chi connectivity index (χ1) is 7.20. The molecular weight excluding hydrogens is 254 g/mol. The highest BCUT2D eigenvalue weighted by molar-refractivity contribution is 9.10. The van der Waals surface area contributed by atoms with Crippen molar-refractivity contribution in [3.63, 3.8) is 0 Å². The molecule has 1 aliphatic heterocycles. The third-order valence-electron chi connectivity index (χ3n) is 2.50. The van der Waals surface area contributed by atoms with E-state index < -0.39 is 0 Å². The molecule has 0 aromatic heterocycles. The SMILES string of the molecule is C/C(=C/c1cc(Br)cc2c1OCC2)CN. The summed E-state index contributed by atoms with van der Waals surface area (Å²) in [5, 5.41) is 0. The molecular formula is C12H14BrNO. The molecule has 0 saturated heterocycles. The van der Waals surface area contributed by atoms with E-state index in [-0.39, 0.29) is 0 Å². The van der Waals surface area contributed by atoms with Crippen LogP contribution < -0.4 is 10.5 Å². The highest BCUT2D eigenvalue weighted by Gasteiger charge is 2.16. The second-order valence-corrected chi connectivity index (χ2v) is 4.69. The van der Waals surface area contributed by atoms with Crippen molar-refractivity contribution in [2.45, 2.75) is 13.3 Å². The molecule has 1 aromatic carbocycles. The molecule has 0 amide bonds. The molecule has 0 atom stereocenters. The molecule has 1 heterocycles. The monoisotopic (exact) mass is 267 g/mol. The minimum Gasteiger partial charge on any atom is -0.492 e. The van der Waals surface area contributed by atoms with Gasteiger partial charge < -0.3 is 10.5 Å². The van der Waals surface area contributed by atoms with Crippen LogP contribution in [-0.4, -0.2) is 13.2 Å². The molecule has 0 bridgehead atoms. The van der Waals surface area contributed by atoms with Gasteiger partial charge >= 0.3 is 0 Å². The van der Waals surface area contributed by atoms with Gasteiger partial charge in [0, 0.05) is 23.0 Å². The lowest BCUT2D eigenvalue weighted by atomic mass is 10.1. The van der Waals surface area contributed by atoms with Gasteiger partial charge in [-0.3, -0.25) is 0 Å². The highest BCUT2D eigenvalue weighted by atomic mass is 79.9. The molecule has 0 unspecified atom stereocenters. The predicted molar refractivity (Wildman–Crippen MR) is 66.0 cm³/mol. The molecule has 2 rings (SSSR count). The number of halogens is 1. The number of hydrogen-bond donors (Lipinski definition) is 1. The Labute approximate surface area is 98.2 Å². The Balaban J connectivity index is 2.47. The molecule has 1 aromatic rings. The van der Waals surface area contributed by atoms with E-state index >= 15 is 0 Å². The molecule has 0 saturated carbocycles. The molecule has 1 aliphatic rings. The van der Waals surface area contributed by atoms with E-state index in [4.69, 9.17) is 10.5 Å². The van der Waals surface area contributed by atoms with Gasteiger partial charge in [-0.25, -0.2) is 0 Å². The number of hydrogen-bond acceptors (Lipinski definition) is 2. The van der Waals surface area contributed by atoms with Crippen LogP contribution in [0.5, 0.6) is 5.75 Å². The van der Waals surface area contributed by atoms with Crippen LogP contribution in [0.1, 0.15) is 18.1 Å². The minimum atomic E-state index is 0.585. The Morgan fingerprint density at radius 2 is 2.40 bits per heavy atom. The van der Waals surface area contributed by atoms with E-state index in [0.29, 0.717) is 6.54 Å². The van der Waals surface area contributed by atoms with E-state index in [0.717, 1.165) is 34.4 Å². The molecule has 80 valence electrons. The maximum Gasteiger partial charge on any atom is 0.129 e. The fourth-order valence-corrected chi connectivity index (χ4v) is 2.25. The van der Waals surface area contributed by atoms with Crippen LogP contribution in [0, 0.1) is 0 Å². The molecule has 0 aliphatic carbocycles. The molecule has 2 nitrogen and oxygen atoms in total. The molecule has 0 spiro atoms. The maximum absolute atomic E-state index is 5.62. The Morgan fingerprint density at radius 1 is 1.60 bits per heavy atom. The number of nitrogens with two attached hydrogens (primary N) is 1. The van der Waals surface area contributed by atoms with Gasteiger partial charge in [0.05, 0.1) is 6.61 Å². The number of benzene rings is 1. The topological polar surface area (TPSA) is 35.2 Å². The number of ether oxygens (including phenoxy) is 1. The molecule has 0 radical (unpaired) electrons. The zero-order chi connectivity index (χ0) is 10.8. The van der Waals surface area contributed by atoms with Gasteiger partial charge in [0.15, 0.2) is 0 Å². The van der Waals surface area contributed by atoms with Crippen LogP contribution >= 0.6 is 15.9 Å². The van der Waals surface area contributed by atoms with Crippen LogP contribution in [0.25, 0.3) is 6.08 Å². The van der Waals surface area contributed by atoms with E-state index in [9.17, 15) is 0 Å². The Hall–Kier alpha value is -0.800. The summed E-state index contributed by atoms with van der Waals surface area (Å²) in [5.41, 5.74) is 9.14. The average Bonchev–Trinajstić information content (AvgIpc) is 2.65. The van der Waals surface area contributed by atoms with Crippen molar-refractivity contribution in [1.29, 1.82) is 0 Å².